The van der Waals surface area contributed by atoms with Gasteiger partial charge in [0.2, 0.25) is 5.91 Å². The molecule has 2 aromatic carbocycles. The Hall–Kier alpha value is -3.61. The number of nitrogens with zero attached hydrogens (tertiary/aromatic N) is 3. The van der Waals surface area contributed by atoms with E-state index in [9.17, 15) is 4.79 Å². The van der Waals surface area contributed by atoms with Crippen LogP contribution in [-0.2, 0) is 4.79 Å². The van der Waals surface area contributed by atoms with E-state index in [0.29, 0.717) is 12.4 Å². The number of benzene rings is 2. The van der Waals surface area contributed by atoms with Crippen molar-refractivity contribution in [2.45, 2.75) is 19.8 Å². The van der Waals surface area contributed by atoms with Crippen LogP contribution in [0.3, 0.4) is 0 Å². The summed E-state index contributed by atoms with van der Waals surface area (Å²) in [5.41, 5.74) is 0.764. The molecule has 1 aromatic heterocycles. The monoisotopic (exact) mass is 418 g/mol. The second kappa shape index (κ2) is 9.93. The molecule has 1 aliphatic heterocycles. The van der Waals surface area contributed by atoms with E-state index in [0.717, 1.165) is 48.9 Å². The van der Waals surface area contributed by atoms with Gasteiger partial charge in [-0.25, -0.2) is 4.98 Å². The fourth-order valence-electron chi connectivity index (χ4n) is 3.58. The quantitative estimate of drug-likeness (QED) is 0.608. The van der Waals surface area contributed by atoms with Crippen molar-refractivity contribution >= 4 is 17.4 Å². The first-order valence-electron chi connectivity index (χ1n) is 10.5. The molecule has 0 bridgehead atoms. The molecule has 2 heterocycles. The number of carbonyl (C=O) groups excluding carboxylic acids is 1. The molecule has 0 saturated carbocycles. The molecule has 0 spiro atoms. The molecule has 0 unspecified atom stereocenters. The van der Waals surface area contributed by atoms with Crippen LogP contribution in [0.1, 0.15) is 19.8 Å². The Morgan fingerprint density at radius 2 is 1.65 bits per heavy atom. The van der Waals surface area contributed by atoms with Crippen molar-refractivity contribution in [2.24, 2.45) is 5.92 Å². The Morgan fingerprint density at radius 1 is 1.00 bits per heavy atom. The summed E-state index contributed by atoms with van der Waals surface area (Å²) in [5, 5.41) is 3.02. The van der Waals surface area contributed by atoms with Gasteiger partial charge < -0.3 is 19.7 Å². The van der Waals surface area contributed by atoms with Gasteiger partial charge in [-0.3, -0.25) is 9.78 Å². The van der Waals surface area contributed by atoms with Gasteiger partial charge in [-0.2, -0.15) is 0 Å². The van der Waals surface area contributed by atoms with Crippen molar-refractivity contribution in [3.8, 4) is 17.2 Å². The molecule has 1 amide bonds. The molecule has 0 atom stereocenters. The van der Waals surface area contributed by atoms with Crippen molar-refractivity contribution in [3.63, 3.8) is 0 Å². The van der Waals surface area contributed by atoms with Gasteiger partial charge in [-0.05, 0) is 68.3 Å². The third kappa shape index (κ3) is 5.51. The highest BCUT2D eigenvalue weighted by atomic mass is 16.5. The summed E-state index contributed by atoms with van der Waals surface area (Å²) in [5.74, 6) is 3.17. The van der Waals surface area contributed by atoms with E-state index in [-0.39, 0.29) is 11.8 Å². The van der Waals surface area contributed by atoms with Gasteiger partial charge in [0.25, 0.3) is 0 Å². The topological polar surface area (TPSA) is 76.6 Å². The second-order valence-corrected chi connectivity index (χ2v) is 7.35. The fraction of sp³-hybridized carbons (Fsp3) is 0.292. The summed E-state index contributed by atoms with van der Waals surface area (Å²) in [4.78, 5) is 23.3. The smallest absolute Gasteiger partial charge is 0.227 e. The number of rotatable bonds is 7. The summed E-state index contributed by atoms with van der Waals surface area (Å²) in [7, 11) is 0. The van der Waals surface area contributed by atoms with Gasteiger partial charge in [-0.1, -0.05) is 0 Å². The van der Waals surface area contributed by atoms with Gasteiger partial charge in [0.15, 0.2) is 0 Å². The van der Waals surface area contributed by atoms with Gasteiger partial charge in [0.05, 0.1) is 12.8 Å². The molecular weight excluding hydrogens is 392 g/mol. The number of aromatic nitrogens is 2. The molecule has 1 fully saturated rings. The van der Waals surface area contributed by atoms with Crippen LogP contribution in [0.15, 0.2) is 67.1 Å². The van der Waals surface area contributed by atoms with Crippen molar-refractivity contribution in [1.29, 1.82) is 0 Å². The maximum Gasteiger partial charge on any atom is 0.227 e. The Bertz CT molecular complexity index is 970. The normalized spacial score (nSPS) is 14.2. The molecule has 7 nitrogen and oxygen atoms in total. The zero-order valence-electron chi connectivity index (χ0n) is 17.5. The SMILES string of the molecule is CCOc1ccc(Oc2ccc(NC(=O)C3CCN(c4cnccn4)CC3)cc2)cc1. The summed E-state index contributed by atoms with van der Waals surface area (Å²) in [6.45, 7) is 4.18. The van der Waals surface area contributed by atoms with Crippen LogP contribution < -0.4 is 19.7 Å². The maximum absolute atomic E-state index is 12.7. The first kappa shape index (κ1) is 20.7. The van der Waals surface area contributed by atoms with Crippen molar-refractivity contribution < 1.29 is 14.3 Å². The molecule has 0 radical (unpaired) electrons. The first-order valence-corrected chi connectivity index (χ1v) is 10.5. The molecule has 160 valence electrons. The second-order valence-electron chi connectivity index (χ2n) is 7.35. The Morgan fingerprint density at radius 3 is 2.26 bits per heavy atom. The zero-order chi connectivity index (χ0) is 21.5. The van der Waals surface area contributed by atoms with Gasteiger partial charge in [-0.15, -0.1) is 0 Å². The van der Waals surface area contributed by atoms with Crippen LogP contribution >= 0.6 is 0 Å². The number of nitrogens with one attached hydrogen (secondary N) is 1. The van der Waals surface area contributed by atoms with Gasteiger partial charge in [0, 0.05) is 37.1 Å². The average Bonchev–Trinajstić information content (AvgIpc) is 2.82. The highest BCUT2D eigenvalue weighted by Crippen LogP contribution is 2.26. The van der Waals surface area contributed by atoms with Gasteiger partial charge >= 0.3 is 0 Å². The minimum absolute atomic E-state index is 0.00676. The summed E-state index contributed by atoms with van der Waals surface area (Å²) in [6.07, 6.45) is 6.70. The van der Waals surface area contributed by atoms with Crippen LogP contribution in [-0.4, -0.2) is 35.6 Å². The lowest BCUT2D eigenvalue weighted by molar-refractivity contribution is -0.120. The van der Waals surface area contributed by atoms with Crippen LogP contribution in [0.5, 0.6) is 17.2 Å². The van der Waals surface area contributed by atoms with E-state index in [1.807, 2.05) is 55.5 Å². The van der Waals surface area contributed by atoms with Crippen LogP contribution in [0.4, 0.5) is 11.5 Å². The number of piperidine rings is 1. The van der Waals surface area contributed by atoms with Crippen LogP contribution in [0, 0.1) is 5.92 Å². The number of anilines is 2. The highest BCUT2D eigenvalue weighted by Gasteiger charge is 2.25. The number of ether oxygens (including phenoxy) is 2. The minimum Gasteiger partial charge on any atom is -0.494 e. The minimum atomic E-state index is -0.00676. The Labute approximate surface area is 182 Å². The van der Waals surface area contributed by atoms with Crippen LogP contribution in [0.2, 0.25) is 0 Å². The lowest BCUT2D eigenvalue weighted by atomic mass is 9.96. The first-order chi connectivity index (χ1) is 15.2. The largest absolute Gasteiger partial charge is 0.494 e. The third-order valence-corrected chi connectivity index (χ3v) is 5.23. The molecule has 31 heavy (non-hydrogen) atoms. The summed E-state index contributed by atoms with van der Waals surface area (Å²) < 4.78 is 11.3. The molecular formula is C24H26N4O3. The van der Waals surface area contributed by atoms with Crippen molar-refractivity contribution in [3.05, 3.63) is 67.1 Å². The zero-order valence-corrected chi connectivity index (χ0v) is 17.5. The third-order valence-electron chi connectivity index (χ3n) is 5.23. The van der Waals surface area contributed by atoms with E-state index >= 15 is 0 Å². The lowest BCUT2D eigenvalue weighted by Gasteiger charge is -2.31. The highest BCUT2D eigenvalue weighted by molar-refractivity contribution is 5.92. The number of hydrogen-bond donors (Lipinski definition) is 1. The molecule has 0 aliphatic carbocycles. The fourth-order valence-corrected chi connectivity index (χ4v) is 3.58. The lowest BCUT2D eigenvalue weighted by Crippen LogP contribution is -2.38. The predicted molar refractivity (Wildman–Crippen MR) is 120 cm³/mol. The Kier molecular flexibility index (Phi) is 6.62. The number of carbonyl (C=O) groups is 1. The number of amides is 1. The summed E-state index contributed by atoms with van der Waals surface area (Å²) >= 11 is 0. The van der Waals surface area contributed by atoms with Crippen molar-refractivity contribution in [1.82, 2.24) is 9.97 Å². The van der Waals surface area contributed by atoms with Crippen molar-refractivity contribution in [2.75, 3.05) is 29.9 Å². The predicted octanol–water partition coefficient (Wildman–Crippen LogP) is 4.52. The molecule has 1 saturated heterocycles. The van der Waals surface area contributed by atoms with E-state index in [1.165, 1.54) is 0 Å². The van der Waals surface area contributed by atoms with E-state index in [1.54, 1.807) is 18.6 Å². The van der Waals surface area contributed by atoms with Crippen LogP contribution in [0.25, 0.3) is 0 Å². The molecule has 4 rings (SSSR count). The Balaban J connectivity index is 1.27. The van der Waals surface area contributed by atoms with Gasteiger partial charge in [0.1, 0.15) is 23.1 Å². The van der Waals surface area contributed by atoms with E-state index in [2.05, 4.69) is 20.2 Å². The number of hydrogen-bond acceptors (Lipinski definition) is 6. The molecule has 1 N–H and O–H groups in total. The standard InChI is InChI=1S/C24H26N4O3/c1-2-30-20-7-9-22(10-8-20)31-21-5-3-19(4-6-21)27-24(29)18-11-15-28(16-12-18)23-17-25-13-14-26-23/h3-10,13-14,17-18H,2,11-12,15-16H2,1H3,(H,27,29). The van der Waals surface area contributed by atoms with E-state index in [4.69, 9.17) is 9.47 Å². The van der Waals surface area contributed by atoms with E-state index < -0.39 is 0 Å². The maximum atomic E-state index is 12.7. The molecule has 7 heteroatoms. The molecule has 3 aromatic rings. The average molecular weight is 418 g/mol. The molecule has 1 aliphatic rings. The summed E-state index contributed by atoms with van der Waals surface area (Å²) in [6, 6.07) is 14.9.